The topological polar surface area (TPSA) is 38.3 Å². The minimum Gasteiger partial charge on any atom is -0.489 e. The number of rotatable bonds is 4. The van der Waals surface area contributed by atoms with E-state index in [1.807, 2.05) is 42.5 Å². The number of halogens is 1. The fourth-order valence-corrected chi connectivity index (χ4v) is 2.42. The number of benzene rings is 2. The van der Waals surface area contributed by atoms with Gasteiger partial charge in [0, 0.05) is 23.6 Å². The van der Waals surface area contributed by atoms with Crippen molar-refractivity contribution in [3.8, 4) is 5.75 Å². The van der Waals surface area contributed by atoms with Crippen LogP contribution in [0.2, 0.25) is 0 Å². The van der Waals surface area contributed by atoms with Gasteiger partial charge in [0.25, 0.3) is 5.91 Å². The second-order valence-electron chi connectivity index (χ2n) is 4.70. The fourth-order valence-electron chi connectivity index (χ4n) is 2.25. The molecular formula is C16H14ClNO2. The van der Waals surface area contributed by atoms with Crippen LogP contribution in [0.5, 0.6) is 5.75 Å². The van der Waals surface area contributed by atoms with Crippen LogP contribution in [-0.2, 0) is 19.0 Å². The van der Waals surface area contributed by atoms with E-state index in [0.717, 1.165) is 22.4 Å². The molecule has 0 saturated heterocycles. The molecule has 0 fully saturated rings. The van der Waals surface area contributed by atoms with Crippen LogP contribution in [-0.4, -0.2) is 5.91 Å². The Bertz CT molecular complexity index is 637. The van der Waals surface area contributed by atoms with Crippen molar-refractivity contribution in [1.29, 1.82) is 0 Å². The van der Waals surface area contributed by atoms with E-state index >= 15 is 0 Å². The summed E-state index contributed by atoms with van der Waals surface area (Å²) in [7, 11) is 0. The van der Waals surface area contributed by atoms with E-state index in [2.05, 4.69) is 5.32 Å². The summed E-state index contributed by atoms with van der Waals surface area (Å²) in [5, 5.41) is 2.81. The van der Waals surface area contributed by atoms with Gasteiger partial charge in [-0.1, -0.05) is 30.3 Å². The Balaban J connectivity index is 1.74. The van der Waals surface area contributed by atoms with Crippen molar-refractivity contribution in [3.63, 3.8) is 0 Å². The Morgan fingerprint density at radius 2 is 1.85 bits per heavy atom. The van der Waals surface area contributed by atoms with E-state index in [1.165, 1.54) is 0 Å². The zero-order chi connectivity index (χ0) is 13.9. The molecule has 0 bridgehead atoms. The van der Waals surface area contributed by atoms with E-state index in [-0.39, 0.29) is 5.91 Å². The molecule has 102 valence electrons. The van der Waals surface area contributed by atoms with E-state index in [1.54, 1.807) is 0 Å². The highest BCUT2D eigenvalue weighted by Gasteiger charge is 2.21. The lowest BCUT2D eigenvalue weighted by molar-refractivity contribution is 0.0966. The number of hydrogen-bond donors (Lipinski definition) is 1. The SMILES string of the molecule is O=C1NCc2c(OCc3ccc(CCl)cc3)cccc21. The molecule has 0 unspecified atom stereocenters. The molecule has 0 atom stereocenters. The smallest absolute Gasteiger partial charge is 0.252 e. The first-order valence-electron chi connectivity index (χ1n) is 6.44. The van der Waals surface area contributed by atoms with E-state index in [9.17, 15) is 4.79 Å². The summed E-state index contributed by atoms with van der Waals surface area (Å²) in [6.45, 7) is 1.02. The van der Waals surface area contributed by atoms with Crippen molar-refractivity contribution in [3.05, 3.63) is 64.7 Å². The Hall–Kier alpha value is -2.00. The average Bonchev–Trinajstić information content (AvgIpc) is 2.88. The largest absolute Gasteiger partial charge is 0.489 e. The molecule has 0 aromatic heterocycles. The predicted molar refractivity (Wildman–Crippen MR) is 77.9 cm³/mol. The molecule has 3 rings (SSSR count). The van der Waals surface area contributed by atoms with Gasteiger partial charge in [0.1, 0.15) is 12.4 Å². The fraction of sp³-hybridized carbons (Fsp3) is 0.188. The molecule has 0 saturated carbocycles. The summed E-state index contributed by atoms with van der Waals surface area (Å²) in [5.74, 6) is 1.25. The van der Waals surface area contributed by atoms with Gasteiger partial charge in [-0.05, 0) is 23.3 Å². The van der Waals surface area contributed by atoms with Gasteiger partial charge < -0.3 is 10.1 Å². The second-order valence-corrected chi connectivity index (χ2v) is 4.97. The molecule has 2 aromatic carbocycles. The summed E-state index contributed by atoms with van der Waals surface area (Å²) in [6, 6.07) is 13.6. The van der Waals surface area contributed by atoms with Crippen LogP contribution < -0.4 is 10.1 Å². The number of ether oxygens (including phenoxy) is 1. The lowest BCUT2D eigenvalue weighted by Crippen LogP contribution is -2.12. The molecule has 2 aromatic rings. The summed E-state index contributed by atoms with van der Waals surface area (Å²) >= 11 is 5.76. The Morgan fingerprint density at radius 1 is 1.10 bits per heavy atom. The molecular weight excluding hydrogens is 274 g/mol. The Morgan fingerprint density at radius 3 is 2.60 bits per heavy atom. The Labute approximate surface area is 122 Å². The number of carbonyl (C=O) groups excluding carboxylic acids is 1. The molecule has 3 nitrogen and oxygen atoms in total. The van der Waals surface area contributed by atoms with Crippen molar-refractivity contribution in [2.45, 2.75) is 19.0 Å². The van der Waals surface area contributed by atoms with Crippen LogP contribution >= 0.6 is 11.6 Å². The number of amides is 1. The van der Waals surface area contributed by atoms with Crippen molar-refractivity contribution in [1.82, 2.24) is 5.32 Å². The zero-order valence-corrected chi connectivity index (χ0v) is 11.6. The molecule has 1 aliphatic rings. The molecule has 1 heterocycles. The lowest BCUT2D eigenvalue weighted by Gasteiger charge is -2.10. The molecule has 20 heavy (non-hydrogen) atoms. The standard InChI is InChI=1S/C16H14ClNO2/c17-8-11-4-6-12(7-5-11)10-20-15-3-1-2-13-14(15)9-18-16(13)19/h1-7H,8-10H2,(H,18,19). The normalized spacial score (nSPS) is 12.9. The van der Waals surface area contributed by atoms with E-state index in [0.29, 0.717) is 24.6 Å². The maximum absolute atomic E-state index is 11.6. The molecule has 4 heteroatoms. The van der Waals surface area contributed by atoms with Gasteiger partial charge in [0.15, 0.2) is 0 Å². The predicted octanol–water partition coefficient (Wildman–Crippen LogP) is 3.25. The quantitative estimate of drug-likeness (QED) is 0.877. The van der Waals surface area contributed by atoms with E-state index < -0.39 is 0 Å². The first-order valence-corrected chi connectivity index (χ1v) is 6.98. The molecule has 1 aliphatic heterocycles. The third-order valence-corrected chi connectivity index (χ3v) is 3.68. The number of carbonyl (C=O) groups is 1. The summed E-state index contributed by atoms with van der Waals surface area (Å²) in [5.41, 5.74) is 3.81. The third kappa shape index (κ3) is 2.49. The van der Waals surface area contributed by atoms with Gasteiger partial charge in [-0.2, -0.15) is 0 Å². The maximum Gasteiger partial charge on any atom is 0.252 e. The number of nitrogens with one attached hydrogen (secondary N) is 1. The van der Waals surface area contributed by atoms with E-state index in [4.69, 9.17) is 16.3 Å². The van der Waals surface area contributed by atoms with Crippen molar-refractivity contribution >= 4 is 17.5 Å². The van der Waals surface area contributed by atoms with Crippen LogP contribution in [0.25, 0.3) is 0 Å². The minimum atomic E-state index is -0.0306. The highest BCUT2D eigenvalue weighted by atomic mass is 35.5. The van der Waals surface area contributed by atoms with Gasteiger partial charge in [0.2, 0.25) is 0 Å². The Kier molecular flexibility index (Phi) is 3.61. The summed E-state index contributed by atoms with van der Waals surface area (Å²) in [4.78, 5) is 11.6. The monoisotopic (exact) mass is 287 g/mol. The molecule has 0 radical (unpaired) electrons. The molecule has 0 aliphatic carbocycles. The van der Waals surface area contributed by atoms with Gasteiger partial charge in [-0.3, -0.25) is 4.79 Å². The van der Waals surface area contributed by atoms with Gasteiger partial charge in [-0.25, -0.2) is 0 Å². The molecule has 1 N–H and O–H groups in total. The number of fused-ring (bicyclic) bond motifs is 1. The number of alkyl halides is 1. The van der Waals surface area contributed by atoms with Crippen molar-refractivity contribution < 1.29 is 9.53 Å². The van der Waals surface area contributed by atoms with Crippen LogP contribution in [0.1, 0.15) is 27.0 Å². The third-order valence-electron chi connectivity index (χ3n) is 3.38. The van der Waals surface area contributed by atoms with Gasteiger partial charge in [0.05, 0.1) is 0 Å². The van der Waals surface area contributed by atoms with Gasteiger partial charge >= 0.3 is 0 Å². The highest BCUT2D eigenvalue weighted by molar-refractivity contribution is 6.17. The maximum atomic E-state index is 11.6. The first kappa shape index (κ1) is 13.0. The number of hydrogen-bond acceptors (Lipinski definition) is 2. The molecule has 0 spiro atoms. The van der Waals surface area contributed by atoms with Crippen LogP contribution in [0.15, 0.2) is 42.5 Å². The minimum absolute atomic E-state index is 0.0306. The van der Waals surface area contributed by atoms with Crippen LogP contribution in [0.4, 0.5) is 0 Å². The summed E-state index contributed by atoms with van der Waals surface area (Å²) in [6.07, 6.45) is 0. The first-order chi connectivity index (χ1) is 9.78. The highest BCUT2D eigenvalue weighted by Crippen LogP contribution is 2.26. The van der Waals surface area contributed by atoms with Crippen LogP contribution in [0, 0.1) is 0 Å². The second kappa shape index (κ2) is 5.55. The average molecular weight is 288 g/mol. The lowest BCUT2D eigenvalue weighted by atomic mass is 10.1. The van der Waals surface area contributed by atoms with Crippen molar-refractivity contribution in [2.24, 2.45) is 0 Å². The van der Waals surface area contributed by atoms with Crippen molar-refractivity contribution in [2.75, 3.05) is 0 Å². The zero-order valence-electron chi connectivity index (χ0n) is 10.9. The molecule has 1 amide bonds. The van der Waals surface area contributed by atoms with Gasteiger partial charge in [-0.15, -0.1) is 11.6 Å². The van der Waals surface area contributed by atoms with Crippen LogP contribution in [0.3, 0.4) is 0 Å². The summed E-state index contributed by atoms with van der Waals surface area (Å²) < 4.78 is 5.83.